The highest BCUT2D eigenvalue weighted by Crippen LogP contribution is 2.34. The Morgan fingerprint density at radius 3 is 2.90 bits per heavy atom. The Hall–Kier alpha value is -0.0500. The largest absolute Gasteiger partial charge is 0.373 e. The number of nitrogens with zero attached hydrogens (tertiary/aromatic N) is 1. The number of ether oxygens (including phenoxy) is 1. The van der Waals surface area contributed by atoms with Crippen molar-refractivity contribution in [2.24, 2.45) is 4.99 Å². The molecule has 0 radical (unpaired) electrons. The third-order valence-corrected chi connectivity index (χ3v) is 5.24. The maximum absolute atomic E-state index is 5.93. The summed E-state index contributed by atoms with van der Waals surface area (Å²) < 4.78 is 6.70. The summed E-state index contributed by atoms with van der Waals surface area (Å²) in [7, 11) is 1.81. The second-order valence-corrected chi connectivity index (χ2v) is 7.11. The molecule has 3 unspecified atom stereocenters. The summed E-state index contributed by atoms with van der Waals surface area (Å²) >= 11 is 7.56. The summed E-state index contributed by atoms with van der Waals surface area (Å²) in [6.45, 7) is 0.859. The van der Waals surface area contributed by atoms with Crippen LogP contribution < -0.4 is 10.6 Å². The van der Waals surface area contributed by atoms with Crippen LogP contribution in [-0.4, -0.2) is 37.8 Å². The van der Waals surface area contributed by atoms with Crippen LogP contribution in [0.2, 0.25) is 4.34 Å². The molecule has 0 amide bonds. The first-order chi connectivity index (χ1) is 9.74. The molecule has 4 nitrogen and oxygen atoms in total. The van der Waals surface area contributed by atoms with Gasteiger partial charge in [0.05, 0.1) is 22.6 Å². The first kappa shape index (κ1) is 17.3. The van der Waals surface area contributed by atoms with Crippen molar-refractivity contribution in [3.63, 3.8) is 0 Å². The topological polar surface area (TPSA) is 45.7 Å². The van der Waals surface area contributed by atoms with E-state index in [0.717, 1.165) is 29.7 Å². The molecule has 2 saturated heterocycles. The Morgan fingerprint density at radius 2 is 2.33 bits per heavy atom. The van der Waals surface area contributed by atoms with Crippen molar-refractivity contribution in [2.75, 3.05) is 13.6 Å². The van der Waals surface area contributed by atoms with Crippen LogP contribution in [0.15, 0.2) is 17.1 Å². The zero-order valence-corrected chi connectivity index (χ0v) is 15.9. The van der Waals surface area contributed by atoms with Crippen LogP contribution in [0.25, 0.3) is 0 Å². The van der Waals surface area contributed by atoms with Gasteiger partial charge >= 0.3 is 0 Å². The summed E-state index contributed by atoms with van der Waals surface area (Å²) in [6, 6.07) is 4.44. The first-order valence-electron chi connectivity index (χ1n) is 7.11. The monoisotopic (exact) mass is 441 g/mol. The molecule has 2 N–H and O–H groups in total. The fourth-order valence-corrected chi connectivity index (χ4v) is 4.04. The van der Waals surface area contributed by atoms with Crippen molar-refractivity contribution >= 4 is 52.9 Å². The van der Waals surface area contributed by atoms with Gasteiger partial charge in [-0.25, -0.2) is 0 Å². The van der Waals surface area contributed by atoms with Crippen LogP contribution in [0.3, 0.4) is 0 Å². The van der Waals surface area contributed by atoms with Crippen LogP contribution in [0.1, 0.15) is 24.1 Å². The van der Waals surface area contributed by atoms with Crippen molar-refractivity contribution in [2.45, 2.75) is 43.9 Å². The van der Waals surface area contributed by atoms with Crippen LogP contribution in [0.4, 0.5) is 0 Å². The molecular formula is C14H21ClIN3OS. The first-order valence-corrected chi connectivity index (χ1v) is 8.31. The number of thiophene rings is 1. The van der Waals surface area contributed by atoms with E-state index in [1.54, 1.807) is 11.3 Å². The minimum atomic E-state index is 0. The number of guanidine groups is 1. The Balaban J connectivity index is 0.00000161. The molecule has 2 fully saturated rings. The second-order valence-electron chi connectivity index (χ2n) is 5.32. The molecule has 3 heterocycles. The van der Waals surface area contributed by atoms with E-state index in [0.29, 0.717) is 18.2 Å². The maximum atomic E-state index is 5.93. The van der Waals surface area contributed by atoms with E-state index in [1.807, 2.05) is 13.1 Å². The Kier molecular flexibility index (Phi) is 6.58. The number of aliphatic imine (C=N–C) groups is 1. The lowest BCUT2D eigenvalue weighted by atomic mass is 9.96. The van der Waals surface area contributed by atoms with Crippen molar-refractivity contribution in [1.29, 1.82) is 0 Å². The van der Waals surface area contributed by atoms with Crippen LogP contribution in [0, 0.1) is 0 Å². The average molecular weight is 442 g/mol. The van der Waals surface area contributed by atoms with Gasteiger partial charge in [0.2, 0.25) is 0 Å². The van der Waals surface area contributed by atoms with E-state index < -0.39 is 0 Å². The molecule has 0 spiro atoms. The number of fused-ring (bicyclic) bond motifs is 2. The molecule has 21 heavy (non-hydrogen) atoms. The fraction of sp³-hybridized carbons (Fsp3) is 0.643. The summed E-state index contributed by atoms with van der Waals surface area (Å²) in [5.74, 6) is 0.869. The van der Waals surface area contributed by atoms with Crippen LogP contribution in [0.5, 0.6) is 0 Å². The highest BCUT2D eigenvalue weighted by atomic mass is 127. The van der Waals surface area contributed by atoms with Gasteiger partial charge in [-0.3, -0.25) is 4.99 Å². The molecule has 1 aromatic heterocycles. The number of nitrogens with one attached hydrogen (secondary N) is 2. The number of hydrogen-bond donors (Lipinski definition) is 2. The van der Waals surface area contributed by atoms with Crippen molar-refractivity contribution in [3.05, 3.63) is 21.3 Å². The number of halogens is 2. The van der Waals surface area contributed by atoms with E-state index in [9.17, 15) is 0 Å². The highest BCUT2D eigenvalue weighted by molar-refractivity contribution is 14.0. The average Bonchev–Trinajstić information content (AvgIpc) is 3.14. The van der Waals surface area contributed by atoms with Gasteiger partial charge in [0.25, 0.3) is 0 Å². The number of rotatable bonds is 4. The van der Waals surface area contributed by atoms with Gasteiger partial charge in [-0.15, -0.1) is 35.3 Å². The quantitative estimate of drug-likeness (QED) is 0.429. The molecule has 1 aromatic rings. The van der Waals surface area contributed by atoms with Gasteiger partial charge < -0.3 is 15.4 Å². The van der Waals surface area contributed by atoms with E-state index in [1.165, 1.54) is 17.7 Å². The Bertz CT molecular complexity index is 496. The summed E-state index contributed by atoms with van der Waals surface area (Å²) in [5, 5.41) is 6.84. The van der Waals surface area contributed by atoms with Crippen LogP contribution in [-0.2, 0) is 11.2 Å². The molecule has 7 heteroatoms. The maximum Gasteiger partial charge on any atom is 0.191 e. The smallest absolute Gasteiger partial charge is 0.191 e. The summed E-state index contributed by atoms with van der Waals surface area (Å²) in [5.41, 5.74) is 0. The SMILES string of the molecule is CN=C(NCCc1ccc(Cl)s1)NC1CC2CCC1O2.I. The highest BCUT2D eigenvalue weighted by Gasteiger charge is 2.41. The van der Waals surface area contributed by atoms with E-state index in [2.05, 4.69) is 21.7 Å². The molecule has 2 aliphatic heterocycles. The number of hydrogen-bond acceptors (Lipinski definition) is 3. The molecular weight excluding hydrogens is 421 g/mol. The fourth-order valence-electron chi connectivity index (χ4n) is 2.95. The predicted octanol–water partition coefficient (Wildman–Crippen LogP) is 3.05. The Morgan fingerprint density at radius 1 is 1.48 bits per heavy atom. The summed E-state index contributed by atoms with van der Waals surface area (Å²) in [6.07, 6.45) is 5.29. The van der Waals surface area contributed by atoms with Crippen molar-refractivity contribution < 1.29 is 4.74 Å². The minimum absolute atomic E-state index is 0. The van der Waals surface area contributed by atoms with Gasteiger partial charge in [0, 0.05) is 18.5 Å². The predicted molar refractivity (Wildman–Crippen MR) is 99.2 cm³/mol. The molecule has 0 saturated carbocycles. The third-order valence-electron chi connectivity index (χ3n) is 3.94. The lowest BCUT2D eigenvalue weighted by molar-refractivity contribution is 0.0992. The lowest BCUT2D eigenvalue weighted by Gasteiger charge is -2.22. The van der Waals surface area contributed by atoms with Crippen molar-refractivity contribution in [1.82, 2.24) is 10.6 Å². The Labute approximate surface area is 151 Å². The van der Waals surface area contributed by atoms with Gasteiger partial charge in [0.15, 0.2) is 5.96 Å². The van der Waals surface area contributed by atoms with Gasteiger partial charge in [-0.1, -0.05) is 11.6 Å². The van der Waals surface area contributed by atoms with E-state index in [-0.39, 0.29) is 24.0 Å². The van der Waals surface area contributed by atoms with Crippen molar-refractivity contribution in [3.8, 4) is 0 Å². The normalized spacial score (nSPS) is 27.5. The molecule has 0 aromatic carbocycles. The van der Waals surface area contributed by atoms with Gasteiger partial charge in [-0.2, -0.15) is 0 Å². The minimum Gasteiger partial charge on any atom is -0.373 e. The zero-order chi connectivity index (χ0) is 13.9. The van der Waals surface area contributed by atoms with E-state index in [4.69, 9.17) is 16.3 Å². The molecule has 3 atom stereocenters. The van der Waals surface area contributed by atoms with Gasteiger partial charge in [-0.05, 0) is 37.8 Å². The lowest BCUT2D eigenvalue weighted by Crippen LogP contribution is -2.47. The third kappa shape index (κ3) is 4.46. The molecule has 0 aliphatic carbocycles. The standard InChI is InChI=1S/C14H20ClN3OS.HI/c1-16-14(17-7-6-10-3-5-13(15)20-10)18-11-8-9-2-4-12(11)19-9;/h3,5,9,11-12H,2,4,6-8H2,1H3,(H2,16,17,18);1H. The molecule has 118 valence electrons. The summed E-state index contributed by atoms with van der Waals surface area (Å²) in [4.78, 5) is 5.58. The van der Waals surface area contributed by atoms with E-state index >= 15 is 0 Å². The van der Waals surface area contributed by atoms with Gasteiger partial charge in [0.1, 0.15) is 0 Å². The molecule has 2 bridgehead atoms. The second kappa shape index (κ2) is 7.99. The zero-order valence-electron chi connectivity index (χ0n) is 12.0. The molecule has 3 rings (SSSR count). The molecule has 2 aliphatic rings. The van der Waals surface area contributed by atoms with Crippen LogP contribution >= 0.6 is 46.9 Å².